The van der Waals surface area contributed by atoms with E-state index >= 15 is 0 Å². The second-order valence-corrected chi connectivity index (χ2v) is 5.61. The summed E-state index contributed by atoms with van der Waals surface area (Å²) < 4.78 is 14.3. The normalized spacial score (nSPS) is 13.9. The third-order valence-corrected chi connectivity index (χ3v) is 3.85. The SMILES string of the molecule is CCN=C(Br)C(=CN)CN=C(C=CN)c1ncc(F)cc1Br. The van der Waals surface area contributed by atoms with Crippen LogP contribution in [-0.4, -0.2) is 28.4 Å². The van der Waals surface area contributed by atoms with Gasteiger partial charge in [-0.15, -0.1) is 0 Å². The maximum absolute atomic E-state index is 13.1. The Hall–Kier alpha value is -1.54. The number of aromatic nitrogens is 1. The Balaban J connectivity index is 3.13. The Kier molecular flexibility index (Phi) is 7.97. The van der Waals surface area contributed by atoms with E-state index in [0.717, 1.165) is 11.8 Å². The summed E-state index contributed by atoms with van der Waals surface area (Å²) in [6.07, 6.45) is 5.49. The number of rotatable bonds is 6. The van der Waals surface area contributed by atoms with Crippen LogP contribution in [0.2, 0.25) is 0 Å². The van der Waals surface area contributed by atoms with Crippen molar-refractivity contribution < 1.29 is 4.39 Å². The predicted octanol–water partition coefficient (Wildman–Crippen LogP) is 2.90. The molecule has 0 unspecified atom stereocenters. The molecule has 1 aromatic heterocycles. The lowest BCUT2D eigenvalue weighted by molar-refractivity contribution is 0.620. The summed E-state index contributed by atoms with van der Waals surface area (Å²) >= 11 is 6.61. The summed E-state index contributed by atoms with van der Waals surface area (Å²) in [6, 6.07) is 1.32. The molecule has 0 saturated carbocycles. The first-order chi connectivity index (χ1) is 10.5. The van der Waals surface area contributed by atoms with Crippen LogP contribution in [0.25, 0.3) is 0 Å². The van der Waals surface area contributed by atoms with E-state index in [1.54, 1.807) is 6.08 Å². The smallest absolute Gasteiger partial charge is 0.142 e. The van der Waals surface area contributed by atoms with Crippen molar-refractivity contribution in [3.8, 4) is 0 Å². The molecular weight excluding hydrogens is 417 g/mol. The summed E-state index contributed by atoms with van der Waals surface area (Å²) in [5.41, 5.74) is 12.8. The van der Waals surface area contributed by atoms with Crippen LogP contribution in [0.1, 0.15) is 12.6 Å². The average Bonchev–Trinajstić information content (AvgIpc) is 2.47. The van der Waals surface area contributed by atoms with Crippen LogP contribution < -0.4 is 11.5 Å². The summed E-state index contributed by atoms with van der Waals surface area (Å²) in [7, 11) is 0. The molecule has 0 amide bonds. The largest absolute Gasteiger partial charge is 0.405 e. The number of nitrogens with two attached hydrogens (primary N) is 2. The van der Waals surface area contributed by atoms with E-state index in [0.29, 0.717) is 27.0 Å². The Bertz CT molecular complexity index is 638. The van der Waals surface area contributed by atoms with Gasteiger partial charge in [0.05, 0.1) is 18.5 Å². The van der Waals surface area contributed by atoms with Gasteiger partial charge >= 0.3 is 0 Å². The first-order valence-corrected chi connectivity index (χ1v) is 7.97. The molecule has 0 aliphatic heterocycles. The Morgan fingerprint density at radius 3 is 2.68 bits per heavy atom. The monoisotopic (exact) mass is 431 g/mol. The Morgan fingerprint density at radius 1 is 1.41 bits per heavy atom. The molecule has 0 spiro atoms. The third-order valence-electron chi connectivity index (χ3n) is 2.49. The number of aliphatic imine (C=N–C) groups is 2. The van der Waals surface area contributed by atoms with Gasteiger partial charge in [-0.25, -0.2) is 4.39 Å². The molecule has 1 rings (SSSR count). The third kappa shape index (κ3) is 5.34. The van der Waals surface area contributed by atoms with Crippen LogP contribution >= 0.6 is 31.9 Å². The number of hydrogen-bond acceptors (Lipinski definition) is 5. The second kappa shape index (κ2) is 9.47. The average molecular weight is 433 g/mol. The number of hydrogen-bond donors (Lipinski definition) is 2. The molecular formula is C14H16Br2FN5. The zero-order valence-corrected chi connectivity index (χ0v) is 15.1. The molecule has 0 aromatic carbocycles. The molecule has 1 heterocycles. The van der Waals surface area contributed by atoms with E-state index < -0.39 is 5.82 Å². The van der Waals surface area contributed by atoms with Crippen molar-refractivity contribution in [1.82, 2.24) is 4.98 Å². The van der Waals surface area contributed by atoms with Crippen LogP contribution in [0.5, 0.6) is 0 Å². The van der Waals surface area contributed by atoms with Crippen LogP contribution in [0.4, 0.5) is 4.39 Å². The molecule has 0 bridgehead atoms. The molecule has 0 radical (unpaired) electrons. The number of allylic oxidation sites excluding steroid dienone is 1. The van der Waals surface area contributed by atoms with Gasteiger partial charge in [0, 0.05) is 22.8 Å². The van der Waals surface area contributed by atoms with Crippen molar-refractivity contribution in [3.05, 3.63) is 52.3 Å². The van der Waals surface area contributed by atoms with Crippen molar-refractivity contribution in [3.63, 3.8) is 0 Å². The van der Waals surface area contributed by atoms with Crippen LogP contribution in [0.3, 0.4) is 0 Å². The summed E-state index contributed by atoms with van der Waals surface area (Å²) in [4.78, 5) is 12.7. The molecule has 118 valence electrons. The fourth-order valence-corrected chi connectivity index (χ4v) is 2.53. The maximum Gasteiger partial charge on any atom is 0.142 e. The van der Waals surface area contributed by atoms with Crippen LogP contribution in [-0.2, 0) is 0 Å². The number of nitrogens with zero attached hydrogens (tertiary/aromatic N) is 3. The predicted molar refractivity (Wildman–Crippen MR) is 95.8 cm³/mol. The van der Waals surface area contributed by atoms with Crippen molar-refractivity contribution in [1.29, 1.82) is 0 Å². The van der Waals surface area contributed by atoms with Gasteiger partial charge in [0.1, 0.15) is 16.1 Å². The van der Waals surface area contributed by atoms with Crippen molar-refractivity contribution >= 4 is 42.2 Å². The molecule has 5 nitrogen and oxygen atoms in total. The lowest BCUT2D eigenvalue weighted by Crippen LogP contribution is -2.08. The van der Waals surface area contributed by atoms with Crippen LogP contribution in [0, 0.1) is 5.82 Å². The fourth-order valence-electron chi connectivity index (χ4n) is 1.50. The van der Waals surface area contributed by atoms with Crippen molar-refractivity contribution in [2.75, 3.05) is 13.1 Å². The fraction of sp³-hybridized carbons (Fsp3) is 0.214. The molecule has 8 heteroatoms. The van der Waals surface area contributed by atoms with Gasteiger partial charge in [0.2, 0.25) is 0 Å². The standard InChI is InChI=1S/C14H16Br2FN5/c1-2-20-14(16)9(6-19)7-21-12(3-4-18)13-11(15)5-10(17)8-22-13/h3-6,8H,2,7,18-19H2,1H3. The highest BCUT2D eigenvalue weighted by atomic mass is 79.9. The van der Waals surface area contributed by atoms with Crippen molar-refractivity contribution in [2.45, 2.75) is 6.92 Å². The lowest BCUT2D eigenvalue weighted by atomic mass is 10.2. The van der Waals surface area contributed by atoms with E-state index in [9.17, 15) is 4.39 Å². The molecule has 22 heavy (non-hydrogen) atoms. The highest BCUT2D eigenvalue weighted by molar-refractivity contribution is 9.18. The minimum Gasteiger partial charge on any atom is -0.405 e. The molecule has 4 N–H and O–H groups in total. The zero-order chi connectivity index (χ0) is 16.5. The van der Waals surface area contributed by atoms with Crippen molar-refractivity contribution in [2.24, 2.45) is 21.5 Å². The first-order valence-electron chi connectivity index (χ1n) is 6.38. The quantitative estimate of drug-likeness (QED) is 0.677. The number of pyridine rings is 1. The van der Waals surface area contributed by atoms with Gasteiger partial charge in [-0.2, -0.15) is 0 Å². The van der Waals surface area contributed by atoms with Gasteiger partial charge in [-0.3, -0.25) is 15.0 Å². The van der Waals surface area contributed by atoms with Gasteiger partial charge in [-0.1, -0.05) is 0 Å². The van der Waals surface area contributed by atoms with Gasteiger partial charge in [0.25, 0.3) is 0 Å². The van der Waals surface area contributed by atoms with E-state index in [-0.39, 0.29) is 6.54 Å². The molecule has 0 atom stereocenters. The maximum atomic E-state index is 13.1. The molecule has 0 fully saturated rings. The number of halogens is 3. The zero-order valence-electron chi connectivity index (χ0n) is 11.9. The van der Waals surface area contributed by atoms with E-state index in [1.807, 2.05) is 6.92 Å². The highest BCUT2D eigenvalue weighted by Crippen LogP contribution is 2.17. The minimum absolute atomic E-state index is 0.283. The Labute approximate surface area is 145 Å². The molecule has 0 aliphatic carbocycles. The van der Waals surface area contributed by atoms with Crippen LogP contribution in [0.15, 0.2) is 50.8 Å². The van der Waals surface area contributed by atoms with E-state index in [2.05, 4.69) is 46.8 Å². The molecule has 0 saturated heterocycles. The summed E-state index contributed by atoms with van der Waals surface area (Å²) in [6.45, 7) is 2.83. The summed E-state index contributed by atoms with van der Waals surface area (Å²) in [5, 5.41) is 0. The first kappa shape index (κ1) is 18.5. The van der Waals surface area contributed by atoms with Gasteiger partial charge in [-0.05, 0) is 57.1 Å². The highest BCUT2D eigenvalue weighted by Gasteiger charge is 2.09. The second-order valence-electron chi connectivity index (χ2n) is 4.00. The molecule has 0 aliphatic rings. The van der Waals surface area contributed by atoms with Gasteiger partial charge in [0.15, 0.2) is 0 Å². The van der Waals surface area contributed by atoms with E-state index in [1.165, 1.54) is 18.5 Å². The topological polar surface area (TPSA) is 89.6 Å². The molecule has 1 aromatic rings. The van der Waals surface area contributed by atoms with E-state index in [4.69, 9.17) is 11.5 Å². The minimum atomic E-state index is -0.438. The summed E-state index contributed by atoms with van der Waals surface area (Å²) in [5.74, 6) is -0.438. The lowest BCUT2D eigenvalue weighted by Gasteiger charge is -2.06. The Morgan fingerprint density at radius 2 is 2.14 bits per heavy atom. The van der Waals surface area contributed by atoms with Gasteiger partial charge < -0.3 is 11.5 Å².